The van der Waals surface area contributed by atoms with E-state index in [1.54, 1.807) is 0 Å². The van der Waals surface area contributed by atoms with E-state index >= 15 is 0 Å². The predicted octanol–water partition coefficient (Wildman–Crippen LogP) is 3.42. The fourth-order valence-electron chi connectivity index (χ4n) is 2.54. The molecule has 22 heavy (non-hydrogen) atoms. The highest BCUT2D eigenvalue weighted by atomic mass is 16.5. The van der Waals surface area contributed by atoms with Gasteiger partial charge in [0.05, 0.1) is 24.4 Å². The molecule has 0 fully saturated rings. The van der Waals surface area contributed by atoms with Crippen molar-refractivity contribution in [3.05, 3.63) is 59.9 Å². The van der Waals surface area contributed by atoms with Gasteiger partial charge < -0.3 is 9.14 Å². The van der Waals surface area contributed by atoms with E-state index in [2.05, 4.69) is 0 Å². The molecule has 4 nitrogen and oxygen atoms in total. The Hall–Kier alpha value is -2.62. The van der Waals surface area contributed by atoms with Gasteiger partial charge in [-0.15, -0.1) is 0 Å². The number of aryl methyl sites for hydroxylation is 1. The molecular formula is C18H18N2O2. The summed E-state index contributed by atoms with van der Waals surface area (Å²) >= 11 is 0. The van der Waals surface area contributed by atoms with Crippen LogP contribution >= 0.6 is 0 Å². The van der Waals surface area contributed by atoms with Gasteiger partial charge in [-0.05, 0) is 25.5 Å². The fourth-order valence-corrected chi connectivity index (χ4v) is 2.54. The monoisotopic (exact) mass is 294 g/mol. The minimum atomic E-state index is -0.233. The van der Waals surface area contributed by atoms with Crippen LogP contribution in [0.3, 0.4) is 0 Å². The SMILES string of the molecule is CCOC(=O)Cc1c(-c2ccccc2)nc2ccc(C)cn12. The number of pyridine rings is 1. The zero-order valence-corrected chi connectivity index (χ0v) is 12.7. The van der Waals surface area contributed by atoms with Crippen LogP contribution < -0.4 is 0 Å². The maximum Gasteiger partial charge on any atom is 0.311 e. The molecule has 0 bridgehead atoms. The first kappa shape index (κ1) is 14.3. The summed E-state index contributed by atoms with van der Waals surface area (Å²) in [6, 6.07) is 13.9. The second kappa shape index (κ2) is 6.02. The van der Waals surface area contributed by atoms with Crippen LogP contribution in [0.2, 0.25) is 0 Å². The second-order valence-corrected chi connectivity index (χ2v) is 5.19. The van der Waals surface area contributed by atoms with Crippen LogP contribution in [0.4, 0.5) is 0 Å². The molecule has 0 saturated heterocycles. The van der Waals surface area contributed by atoms with Crippen molar-refractivity contribution in [2.75, 3.05) is 6.61 Å². The summed E-state index contributed by atoms with van der Waals surface area (Å²) in [5.74, 6) is -0.233. The molecule has 1 aromatic carbocycles. The molecule has 0 unspecified atom stereocenters. The third-order valence-electron chi connectivity index (χ3n) is 3.53. The molecule has 0 aliphatic heterocycles. The molecule has 0 aliphatic carbocycles. The number of imidazole rings is 1. The molecule has 112 valence electrons. The van der Waals surface area contributed by atoms with Crippen LogP contribution in [0.15, 0.2) is 48.7 Å². The van der Waals surface area contributed by atoms with Crippen LogP contribution in [0.25, 0.3) is 16.9 Å². The van der Waals surface area contributed by atoms with Gasteiger partial charge in [0.15, 0.2) is 0 Å². The average Bonchev–Trinajstić information content (AvgIpc) is 2.86. The average molecular weight is 294 g/mol. The van der Waals surface area contributed by atoms with Crippen molar-refractivity contribution in [1.82, 2.24) is 9.38 Å². The molecule has 0 radical (unpaired) electrons. The molecular weight excluding hydrogens is 276 g/mol. The quantitative estimate of drug-likeness (QED) is 0.693. The summed E-state index contributed by atoms with van der Waals surface area (Å²) in [5, 5.41) is 0. The zero-order chi connectivity index (χ0) is 15.5. The molecule has 2 aromatic heterocycles. The Morgan fingerprint density at radius 2 is 1.95 bits per heavy atom. The lowest BCUT2D eigenvalue weighted by molar-refractivity contribution is -0.142. The number of carbonyl (C=O) groups is 1. The first-order valence-corrected chi connectivity index (χ1v) is 7.37. The number of ether oxygens (including phenoxy) is 1. The lowest BCUT2D eigenvalue weighted by Crippen LogP contribution is -2.10. The molecule has 3 rings (SSSR count). The Kier molecular flexibility index (Phi) is 3.92. The van der Waals surface area contributed by atoms with E-state index in [1.165, 1.54) is 0 Å². The van der Waals surface area contributed by atoms with Gasteiger partial charge in [-0.3, -0.25) is 4.79 Å². The normalized spacial score (nSPS) is 10.8. The molecule has 3 aromatic rings. The van der Waals surface area contributed by atoms with E-state index in [1.807, 2.05) is 66.9 Å². The summed E-state index contributed by atoms with van der Waals surface area (Å²) in [4.78, 5) is 16.7. The van der Waals surface area contributed by atoms with Crippen LogP contribution in [-0.4, -0.2) is 22.0 Å². The number of nitrogens with zero attached hydrogens (tertiary/aromatic N) is 2. The standard InChI is InChI=1S/C18H18N2O2/c1-3-22-17(21)11-15-18(14-7-5-4-6-8-14)19-16-10-9-13(2)12-20(15)16/h4-10,12H,3,11H2,1-2H3. The van der Waals surface area contributed by atoms with E-state index < -0.39 is 0 Å². The number of esters is 1. The van der Waals surface area contributed by atoms with Crippen LogP contribution in [-0.2, 0) is 16.0 Å². The summed E-state index contributed by atoms with van der Waals surface area (Å²) in [5.41, 5.74) is 4.66. The van der Waals surface area contributed by atoms with Crippen molar-refractivity contribution in [2.24, 2.45) is 0 Å². The Bertz CT molecular complexity index is 807. The number of benzene rings is 1. The van der Waals surface area contributed by atoms with Gasteiger partial charge in [-0.2, -0.15) is 0 Å². The highest BCUT2D eigenvalue weighted by molar-refractivity contribution is 5.77. The van der Waals surface area contributed by atoms with Gasteiger partial charge in [0.1, 0.15) is 5.65 Å². The van der Waals surface area contributed by atoms with Crippen LogP contribution in [0.5, 0.6) is 0 Å². The number of hydrogen-bond donors (Lipinski definition) is 0. The first-order chi connectivity index (χ1) is 10.7. The van der Waals surface area contributed by atoms with Crippen molar-refractivity contribution in [3.63, 3.8) is 0 Å². The second-order valence-electron chi connectivity index (χ2n) is 5.19. The Morgan fingerprint density at radius 1 is 1.18 bits per heavy atom. The minimum absolute atomic E-state index is 0.211. The number of carbonyl (C=O) groups excluding carboxylic acids is 1. The molecule has 0 atom stereocenters. The summed E-state index contributed by atoms with van der Waals surface area (Å²) in [6.07, 6.45) is 2.21. The van der Waals surface area contributed by atoms with Gasteiger partial charge in [-0.1, -0.05) is 36.4 Å². The summed E-state index contributed by atoms with van der Waals surface area (Å²) in [7, 11) is 0. The zero-order valence-electron chi connectivity index (χ0n) is 12.7. The molecule has 0 saturated carbocycles. The third kappa shape index (κ3) is 2.72. The van der Waals surface area contributed by atoms with Crippen molar-refractivity contribution in [3.8, 4) is 11.3 Å². The number of rotatable bonds is 4. The third-order valence-corrected chi connectivity index (χ3v) is 3.53. The van der Waals surface area contributed by atoms with Gasteiger partial charge in [0.25, 0.3) is 0 Å². The molecule has 0 N–H and O–H groups in total. The molecule has 0 spiro atoms. The smallest absolute Gasteiger partial charge is 0.311 e. The number of aromatic nitrogens is 2. The molecule has 0 amide bonds. The Morgan fingerprint density at radius 3 is 2.68 bits per heavy atom. The molecule has 0 aliphatic rings. The maximum atomic E-state index is 12.0. The molecule has 4 heteroatoms. The topological polar surface area (TPSA) is 43.6 Å². The van der Waals surface area contributed by atoms with Crippen molar-refractivity contribution in [1.29, 1.82) is 0 Å². The van der Waals surface area contributed by atoms with Crippen molar-refractivity contribution >= 4 is 11.6 Å². The fraction of sp³-hybridized carbons (Fsp3) is 0.222. The van der Waals surface area contributed by atoms with Gasteiger partial charge in [0, 0.05) is 11.8 Å². The van der Waals surface area contributed by atoms with Gasteiger partial charge in [0.2, 0.25) is 0 Å². The largest absolute Gasteiger partial charge is 0.466 e. The summed E-state index contributed by atoms with van der Waals surface area (Å²) < 4.78 is 7.09. The van der Waals surface area contributed by atoms with Crippen molar-refractivity contribution < 1.29 is 9.53 Å². The number of hydrogen-bond acceptors (Lipinski definition) is 3. The minimum Gasteiger partial charge on any atom is -0.466 e. The van der Waals surface area contributed by atoms with E-state index in [0.29, 0.717) is 6.61 Å². The van der Waals surface area contributed by atoms with Gasteiger partial charge in [-0.25, -0.2) is 4.98 Å². The summed E-state index contributed by atoms with van der Waals surface area (Å²) in [6.45, 7) is 4.22. The predicted molar refractivity (Wildman–Crippen MR) is 85.7 cm³/mol. The van der Waals surface area contributed by atoms with Crippen LogP contribution in [0, 0.1) is 6.92 Å². The highest BCUT2D eigenvalue weighted by Crippen LogP contribution is 2.25. The van der Waals surface area contributed by atoms with E-state index in [4.69, 9.17) is 9.72 Å². The van der Waals surface area contributed by atoms with E-state index in [0.717, 1.165) is 28.2 Å². The molecule has 2 heterocycles. The Balaban J connectivity index is 2.16. The van der Waals surface area contributed by atoms with E-state index in [9.17, 15) is 4.79 Å². The lowest BCUT2D eigenvalue weighted by atomic mass is 10.1. The van der Waals surface area contributed by atoms with Crippen molar-refractivity contribution in [2.45, 2.75) is 20.3 Å². The Labute approximate surface area is 129 Å². The highest BCUT2D eigenvalue weighted by Gasteiger charge is 2.17. The maximum absolute atomic E-state index is 12.0. The number of fused-ring (bicyclic) bond motifs is 1. The first-order valence-electron chi connectivity index (χ1n) is 7.37. The lowest BCUT2D eigenvalue weighted by Gasteiger charge is -2.06. The van der Waals surface area contributed by atoms with Crippen LogP contribution in [0.1, 0.15) is 18.2 Å². The van der Waals surface area contributed by atoms with E-state index in [-0.39, 0.29) is 12.4 Å². The van der Waals surface area contributed by atoms with Gasteiger partial charge >= 0.3 is 5.97 Å².